The van der Waals surface area contributed by atoms with Crippen LogP contribution in [0.1, 0.15) is 27.9 Å². The number of aromatic nitrogens is 2. The summed E-state index contributed by atoms with van der Waals surface area (Å²) in [6, 6.07) is 13.8. The molecule has 0 aliphatic heterocycles. The summed E-state index contributed by atoms with van der Waals surface area (Å²) < 4.78 is 10.7. The van der Waals surface area contributed by atoms with Gasteiger partial charge in [-0.15, -0.1) is 11.3 Å². The van der Waals surface area contributed by atoms with E-state index in [9.17, 15) is 4.79 Å². The lowest BCUT2D eigenvalue weighted by molar-refractivity contribution is 0.0935. The third-order valence-corrected chi connectivity index (χ3v) is 6.24. The maximum atomic E-state index is 12.9. The molecule has 4 rings (SSSR count). The van der Waals surface area contributed by atoms with Gasteiger partial charge in [0.2, 0.25) is 0 Å². The van der Waals surface area contributed by atoms with Gasteiger partial charge in [-0.1, -0.05) is 18.2 Å². The standard InChI is InChI=1S/C24H25N3O3S/c1-14(11-17-13-25-19-8-6-5-7-18(17)19)26-23(28)22-15(2)31-24(27-22)16-9-10-20(29-3)21(12-16)30-4/h5-10,12-14,25H,11H2,1-4H3,(H,26,28)/t14-/m1/s1. The molecule has 2 aromatic carbocycles. The van der Waals surface area contributed by atoms with Gasteiger partial charge in [-0.05, 0) is 50.1 Å². The number of benzene rings is 2. The van der Waals surface area contributed by atoms with Crippen molar-refractivity contribution < 1.29 is 14.3 Å². The fourth-order valence-corrected chi connectivity index (χ4v) is 4.58. The van der Waals surface area contributed by atoms with Crippen LogP contribution in [0.3, 0.4) is 0 Å². The first kappa shape index (κ1) is 20.9. The summed E-state index contributed by atoms with van der Waals surface area (Å²) in [5.74, 6) is 1.13. The lowest BCUT2D eigenvalue weighted by atomic mass is 10.1. The number of hydrogen-bond acceptors (Lipinski definition) is 5. The number of ether oxygens (including phenoxy) is 2. The number of carbonyl (C=O) groups excluding carboxylic acids is 1. The maximum absolute atomic E-state index is 12.9. The van der Waals surface area contributed by atoms with Gasteiger partial charge in [-0.2, -0.15) is 0 Å². The van der Waals surface area contributed by atoms with Crippen LogP contribution in [0.25, 0.3) is 21.5 Å². The van der Waals surface area contributed by atoms with Crippen molar-refractivity contribution in [1.29, 1.82) is 0 Å². The van der Waals surface area contributed by atoms with Crippen LogP contribution in [0.2, 0.25) is 0 Å². The molecule has 7 heteroatoms. The Bertz CT molecular complexity index is 1230. The molecule has 0 aliphatic rings. The van der Waals surface area contributed by atoms with E-state index < -0.39 is 0 Å². The molecule has 0 unspecified atom stereocenters. The van der Waals surface area contributed by atoms with Crippen molar-refractivity contribution in [1.82, 2.24) is 15.3 Å². The van der Waals surface area contributed by atoms with Crippen LogP contribution in [0.15, 0.2) is 48.7 Å². The Balaban J connectivity index is 1.50. The molecular formula is C24H25N3O3S. The molecule has 2 N–H and O–H groups in total. The van der Waals surface area contributed by atoms with E-state index in [2.05, 4.69) is 27.4 Å². The smallest absolute Gasteiger partial charge is 0.271 e. The summed E-state index contributed by atoms with van der Waals surface area (Å²) in [5.41, 5.74) is 3.63. The molecule has 4 aromatic rings. The molecule has 2 aromatic heterocycles. The van der Waals surface area contributed by atoms with Gasteiger partial charge >= 0.3 is 0 Å². The van der Waals surface area contributed by atoms with Crippen LogP contribution >= 0.6 is 11.3 Å². The Labute approximate surface area is 185 Å². The topological polar surface area (TPSA) is 76.2 Å². The summed E-state index contributed by atoms with van der Waals surface area (Å²) in [7, 11) is 3.20. The van der Waals surface area contributed by atoms with Crippen LogP contribution in [0.5, 0.6) is 11.5 Å². The number of rotatable bonds is 7. The predicted molar refractivity (Wildman–Crippen MR) is 124 cm³/mol. The Hall–Kier alpha value is -3.32. The van der Waals surface area contributed by atoms with E-state index in [0.29, 0.717) is 17.2 Å². The number of thiazole rings is 1. The Morgan fingerprint density at radius 1 is 1.16 bits per heavy atom. The zero-order chi connectivity index (χ0) is 22.0. The lowest BCUT2D eigenvalue weighted by Crippen LogP contribution is -2.34. The second-order valence-corrected chi connectivity index (χ2v) is 8.63. The number of fused-ring (bicyclic) bond motifs is 1. The molecule has 0 bridgehead atoms. The minimum Gasteiger partial charge on any atom is -0.493 e. The van der Waals surface area contributed by atoms with Gasteiger partial charge in [0.05, 0.1) is 14.2 Å². The van der Waals surface area contributed by atoms with Gasteiger partial charge in [0.15, 0.2) is 11.5 Å². The highest BCUT2D eigenvalue weighted by Crippen LogP contribution is 2.35. The molecule has 0 saturated heterocycles. The zero-order valence-electron chi connectivity index (χ0n) is 18.0. The third-order valence-electron chi connectivity index (χ3n) is 5.22. The van der Waals surface area contributed by atoms with Crippen LogP contribution < -0.4 is 14.8 Å². The number of nitrogens with zero attached hydrogens (tertiary/aromatic N) is 1. The minimum atomic E-state index is -0.159. The van der Waals surface area contributed by atoms with E-state index in [-0.39, 0.29) is 11.9 Å². The van der Waals surface area contributed by atoms with Crippen molar-refractivity contribution in [3.63, 3.8) is 0 Å². The summed E-state index contributed by atoms with van der Waals surface area (Å²) >= 11 is 1.49. The Morgan fingerprint density at radius 3 is 2.71 bits per heavy atom. The van der Waals surface area contributed by atoms with Crippen LogP contribution in [-0.2, 0) is 6.42 Å². The molecule has 160 valence electrons. The summed E-state index contributed by atoms with van der Waals surface area (Å²) in [6.45, 7) is 3.93. The van der Waals surface area contributed by atoms with Crippen molar-refractivity contribution in [3.8, 4) is 22.1 Å². The van der Waals surface area contributed by atoms with E-state index >= 15 is 0 Å². The van der Waals surface area contributed by atoms with Crippen molar-refractivity contribution in [3.05, 3.63) is 64.8 Å². The van der Waals surface area contributed by atoms with Gasteiger partial charge in [0.25, 0.3) is 5.91 Å². The molecule has 0 aliphatic carbocycles. The quantitative estimate of drug-likeness (QED) is 0.429. The van der Waals surface area contributed by atoms with Gasteiger partial charge in [-0.25, -0.2) is 4.98 Å². The number of para-hydroxylation sites is 1. The monoisotopic (exact) mass is 435 g/mol. The van der Waals surface area contributed by atoms with Gasteiger partial charge in [0, 0.05) is 33.6 Å². The first-order valence-electron chi connectivity index (χ1n) is 10.1. The van der Waals surface area contributed by atoms with E-state index in [1.54, 1.807) is 14.2 Å². The van der Waals surface area contributed by atoms with Crippen LogP contribution in [0.4, 0.5) is 0 Å². The number of H-pyrrole nitrogens is 1. The van der Waals surface area contributed by atoms with Crippen molar-refractivity contribution in [2.75, 3.05) is 14.2 Å². The molecule has 1 atom stereocenters. The van der Waals surface area contributed by atoms with E-state index in [4.69, 9.17) is 9.47 Å². The maximum Gasteiger partial charge on any atom is 0.271 e. The minimum absolute atomic E-state index is 0.0302. The number of amides is 1. The first-order valence-corrected chi connectivity index (χ1v) is 10.9. The Morgan fingerprint density at radius 2 is 1.94 bits per heavy atom. The number of methoxy groups -OCH3 is 2. The average molecular weight is 436 g/mol. The second-order valence-electron chi connectivity index (χ2n) is 7.43. The average Bonchev–Trinajstić information content (AvgIpc) is 3.37. The Kier molecular flexibility index (Phi) is 5.95. The number of nitrogens with one attached hydrogen (secondary N) is 2. The lowest BCUT2D eigenvalue weighted by Gasteiger charge is -2.13. The van der Waals surface area contributed by atoms with E-state index in [0.717, 1.165) is 27.4 Å². The fourth-order valence-electron chi connectivity index (χ4n) is 3.67. The highest BCUT2D eigenvalue weighted by Gasteiger charge is 2.19. The summed E-state index contributed by atoms with van der Waals surface area (Å²) in [6.07, 6.45) is 2.75. The molecule has 0 fully saturated rings. The predicted octanol–water partition coefficient (Wildman–Crippen LogP) is 4.98. The third kappa shape index (κ3) is 4.27. The van der Waals surface area contributed by atoms with E-state index in [1.165, 1.54) is 22.3 Å². The van der Waals surface area contributed by atoms with Crippen molar-refractivity contribution in [2.45, 2.75) is 26.3 Å². The summed E-state index contributed by atoms with van der Waals surface area (Å²) in [4.78, 5) is 21.7. The van der Waals surface area contributed by atoms with Gasteiger partial charge < -0.3 is 19.8 Å². The van der Waals surface area contributed by atoms with Gasteiger partial charge in [0.1, 0.15) is 10.7 Å². The highest BCUT2D eigenvalue weighted by atomic mass is 32.1. The molecule has 0 radical (unpaired) electrons. The normalized spacial score (nSPS) is 12.0. The van der Waals surface area contributed by atoms with E-state index in [1.807, 2.05) is 50.4 Å². The largest absolute Gasteiger partial charge is 0.493 e. The molecule has 2 heterocycles. The number of carbonyl (C=O) groups is 1. The number of aryl methyl sites for hydroxylation is 1. The molecule has 6 nitrogen and oxygen atoms in total. The molecule has 31 heavy (non-hydrogen) atoms. The second kappa shape index (κ2) is 8.81. The first-order chi connectivity index (χ1) is 15.0. The molecule has 0 saturated carbocycles. The highest BCUT2D eigenvalue weighted by molar-refractivity contribution is 7.15. The van der Waals surface area contributed by atoms with Crippen LogP contribution in [-0.4, -0.2) is 36.1 Å². The molecule has 1 amide bonds. The molecular weight excluding hydrogens is 410 g/mol. The molecule has 0 spiro atoms. The van der Waals surface area contributed by atoms with Crippen molar-refractivity contribution >= 4 is 28.1 Å². The SMILES string of the molecule is COc1ccc(-c2nc(C(=O)N[C@H](C)Cc3c[nH]c4ccccc34)c(C)s2)cc1OC. The van der Waals surface area contributed by atoms with Crippen molar-refractivity contribution in [2.24, 2.45) is 0 Å². The van der Waals surface area contributed by atoms with Gasteiger partial charge in [-0.3, -0.25) is 4.79 Å². The summed E-state index contributed by atoms with van der Waals surface area (Å²) in [5, 5.41) is 5.05. The fraction of sp³-hybridized carbons (Fsp3) is 0.250. The zero-order valence-corrected chi connectivity index (χ0v) is 18.8. The van der Waals surface area contributed by atoms with Crippen LogP contribution in [0, 0.1) is 6.92 Å². The number of hydrogen-bond donors (Lipinski definition) is 2. The number of aromatic amines is 1.